The lowest BCUT2D eigenvalue weighted by Gasteiger charge is -2.34. The molecule has 0 bridgehead atoms. The normalized spacial score (nSPS) is 18.5. The Labute approximate surface area is 193 Å². The van der Waals surface area contributed by atoms with Crippen LogP contribution >= 0.6 is 0 Å². The third-order valence-electron chi connectivity index (χ3n) is 6.97. The van der Waals surface area contributed by atoms with Gasteiger partial charge in [-0.1, -0.05) is 6.07 Å². The number of benzene rings is 1. The fourth-order valence-electron chi connectivity index (χ4n) is 5.11. The molecule has 2 aliphatic carbocycles. The van der Waals surface area contributed by atoms with E-state index in [1.807, 2.05) is 0 Å². The van der Waals surface area contributed by atoms with Gasteiger partial charge in [0.25, 0.3) is 0 Å². The minimum atomic E-state index is -4.57. The number of quaternary nitrogens is 1. The Morgan fingerprint density at radius 3 is 2.36 bits per heavy atom. The van der Waals surface area contributed by atoms with E-state index in [1.165, 1.54) is 28.2 Å². The maximum atomic E-state index is 13.3. The van der Waals surface area contributed by atoms with E-state index in [0.717, 1.165) is 73.5 Å². The number of carbonyl (C=O) groups is 1. The molecule has 1 aromatic carbocycles. The van der Waals surface area contributed by atoms with Crippen LogP contribution in [-0.4, -0.2) is 55.3 Å². The zero-order chi connectivity index (χ0) is 23.2. The van der Waals surface area contributed by atoms with Gasteiger partial charge in [0, 0.05) is 19.8 Å². The number of nitrogens with one attached hydrogen (secondary N) is 2. The second kappa shape index (κ2) is 8.71. The number of aryl methyl sites for hydroxylation is 3. The third kappa shape index (κ3) is 4.14. The minimum absolute atomic E-state index is 0.0865. The molecule has 0 saturated carbocycles. The van der Waals surface area contributed by atoms with Crippen molar-refractivity contribution in [2.24, 2.45) is 7.05 Å². The summed E-state index contributed by atoms with van der Waals surface area (Å²) in [6.45, 7) is 2.38. The fraction of sp³-hybridized carbons (Fsp3) is 0.545. The Balaban J connectivity index is 1.40. The van der Waals surface area contributed by atoms with Gasteiger partial charge in [0.2, 0.25) is 0 Å². The van der Waals surface area contributed by atoms with Gasteiger partial charge in [0.05, 0.1) is 24.1 Å². The minimum Gasteiger partial charge on any atom is -0.608 e. The van der Waals surface area contributed by atoms with Crippen LogP contribution in [0.3, 0.4) is 0 Å². The van der Waals surface area contributed by atoms with Crippen molar-refractivity contribution in [3.8, 4) is 0 Å². The molecule has 3 aliphatic rings. The molecule has 1 saturated heterocycles. The number of rotatable bonds is 7. The van der Waals surface area contributed by atoms with E-state index in [1.54, 1.807) is 7.05 Å². The Morgan fingerprint density at radius 2 is 1.82 bits per heavy atom. The molecular formula is C22H30N6O4S. The van der Waals surface area contributed by atoms with Gasteiger partial charge in [-0.15, -0.1) is 0 Å². The van der Waals surface area contributed by atoms with Gasteiger partial charge < -0.3 is 10.1 Å². The van der Waals surface area contributed by atoms with Crippen LogP contribution in [0.15, 0.2) is 18.5 Å². The highest BCUT2D eigenvalue weighted by molar-refractivity contribution is 7.86. The maximum Gasteiger partial charge on any atom is 0.436 e. The number of urea groups is 1. The molecule has 2 N–H and O–H groups in total. The van der Waals surface area contributed by atoms with Crippen molar-refractivity contribution in [3.05, 3.63) is 45.9 Å². The molecule has 5 rings (SSSR count). The number of hydroxylamine groups is 1. The van der Waals surface area contributed by atoms with Crippen LogP contribution in [0.25, 0.3) is 0 Å². The van der Waals surface area contributed by atoms with Crippen LogP contribution < -0.4 is 14.1 Å². The van der Waals surface area contributed by atoms with E-state index in [0.29, 0.717) is 12.2 Å². The van der Waals surface area contributed by atoms with Gasteiger partial charge in [-0.3, -0.25) is 10.00 Å². The number of nitrogens with zero attached hydrogens (tertiary/aromatic N) is 4. The first-order valence-corrected chi connectivity index (χ1v) is 13.0. The first kappa shape index (κ1) is 22.3. The van der Waals surface area contributed by atoms with Gasteiger partial charge in [-0.2, -0.15) is 18.0 Å². The van der Waals surface area contributed by atoms with E-state index < -0.39 is 20.7 Å². The van der Waals surface area contributed by atoms with Crippen LogP contribution in [0, 0.1) is 5.21 Å². The third-order valence-corrected chi connectivity index (χ3v) is 8.60. The lowest BCUT2D eigenvalue weighted by molar-refractivity contribution is -0.604. The molecule has 0 spiro atoms. The highest BCUT2D eigenvalue weighted by atomic mass is 32.2. The molecule has 2 aromatic rings. The molecular weight excluding hydrogens is 444 g/mol. The van der Waals surface area contributed by atoms with Crippen LogP contribution in [0.1, 0.15) is 41.5 Å². The van der Waals surface area contributed by atoms with Crippen molar-refractivity contribution >= 4 is 27.6 Å². The van der Waals surface area contributed by atoms with Crippen LogP contribution in [-0.2, 0) is 42.9 Å². The van der Waals surface area contributed by atoms with Gasteiger partial charge in [-0.25, -0.2) is 9.10 Å². The summed E-state index contributed by atoms with van der Waals surface area (Å²) in [7, 11) is -2.89. The lowest BCUT2D eigenvalue weighted by Crippen LogP contribution is -3.14. The largest absolute Gasteiger partial charge is 0.608 e. The monoisotopic (exact) mass is 474 g/mol. The number of anilines is 2. The molecule has 2 heterocycles. The maximum absolute atomic E-state index is 13.3. The SMILES string of the molecule is Cn1cc(N(CCN2CCC2)S(=O)(=O)[NH+]([O-])C(=O)Nc2c3c(cc4c2CCC4)CCC3)cn1. The Kier molecular flexibility index (Phi) is 5.89. The van der Waals surface area contributed by atoms with Gasteiger partial charge in [0.1, 0.15) is 0 Å². The molecule has 1 fully saturated rings. The van der Waals surface area contributed by atoms with Crippen molar-refractivity contribution < 1.29 is 17.7 Å². The van der Waals surface area contributed by atoms with E-state index in [2.05, 4.69) is 21.4 Å². The van der Waals surface area contributed by atoms with E-state index >= 15 is 0 Å². The molecule has 0 radical (unpaired) electrons. The van der Waals surface area contributed by atoms with Crippen molar-refractivity contribution in [2.75, 3.05) is 35.8 Å². The number of hydrogen-bond acceptors (Lipinski definition) is 6. The molecule has 178 valence electrons. The molecule has 1 atom stereocenters. The van der Waals surface area contributed by atoms with E-state index in [4.69, 9.17) is 0 Å². The van der Waals surface area contributed by atoms with Crippen molar-refractivity contribution in [1.82, 2.24) is 14.7 Å². The number of amides is 2. The summed E-state index contributed by atoms with van der Waals surface area (Å²) in [5.41, 5.74) is 5.45. The second-order valence-electron chi connectivity index (χ2n) is 9.12. The predicted molar refractivity (Wildman–Crippen MR) is 124 cm³/mol. The smallest absolute Gasteiger partial charge is 0.436 e. The number of aromatic nitrogens is 2. The number of fused-ring (bicyclic) bond motifs is 2. The van der Waals surface area contributed by atoms with Crippen LogP contribution in [0.2, 0.25) is 0 Å². The standard InChI is InChI=1S/C22H30N6O4S/c1-25-15-18(14-23-25)27(12-11-26-9-4-10-26)33(31,32)28(30)22(29)24-21-19-7-2-5-16(19)13-17-6-3-8-20(17)21/h13-15,28H,2-12H2,1H3,(H,24,29). The first-order chi connectivity index (χ1) is 15.8. The van der Waals surface area contributed by atoms with Crippen molar-refractivity contribution in [2.45, 2.75) is 44.9 Å². The topological polar surface area (TPSA) is 115 Å². The average molecular weight is 475 g/mol. The second-order valence-corrected chi connectivity index (χ2v) is 10.9. The van der Waals surface area contributed by atoms with E-state index in [-0.39, 0.29) is 12.2 Å². The van der Waals surface area contributed by atoms with Crippen molar-refractivity contribution in [3.63, 3.8) is 0 Å². The Morgan fingerprint density at radius 1 is 1.15 bits per heavy atom. The zero-order valence-corrected chi connectivity index (χ0v) is 19.7. The van der Waals surface area contributed by atoms with Crippen LogP contribution in [0.4, 0.5) is 16.2 Å². The first-order valence-electron chi connectivity index (χ1n) is 11.6. The predicted octanol–water partition coefficient (Wildman–Crippen LogP) is 0.769. The summed E-state index contributed by atoms with van der Waals surface area (Å²) >= 11 is 0. The highest BCUT2D eigenvalue weighted by Crippen LogP contribution is 2.38. The van der Waals surface area contributed by atoms with Crippen molar-refractivity contribution in [1.29, 1.82) is 0 Å². The molecule has 2 amide bonds. The number of carbonyl (C=O) groups excluding carboxylic acids is 1. The Bertz CT molecular complexity index is 1140. The summed E-state index contributed by atoms with van der Waals surface area (Å²) in [5, 5.41) is 19.8. The van der Waals surface area contributed by atoms with Gasteiger partial charge in [-0.05, 0) is 80.3 Å². The summed E-state index contributed by atoms with van der Waals surface area (Å²) in [6.07, 6.45) is 9.56. The van der Waals surface area contributed by atoms with E-state index in [9.17, 15) is 18.4 Å². The zero-order valence-electron chi connectivity index (χ0n) is 18.8. The van der Waals surface area contributed by atoms with Crippen LogP contribution in [0.5, 0.6) is 0 Å². The number of likely N-dealkylation sites (tertiary alicyclic amines) is 1. The fourth-order valence-corrected chi connectivity index (χ4v) is 6.29. The molecule has 1 aliphatic heterocycles. The van der Waals surface area contributed by atoms with Gasteiger partial charge in [0.15, 0.2) is 0 Å². The molecule has 11 heteroatoms. The molecule has 1 aromatic heterocycles. The summed E-state index contributed by atoms with van der Waals surface area (Å²) < 4.78 is 27.7. The number of hydrogen-bond donors (Lipinski definition) is 2. The summed E-state index contributed by atoms with van der Waals surface area (Å²) in [5.74, 6) is 0. The Hall–Kier alpha value is -2.47. The molecule has 10 nitrogen and oxygen atoms in total. The summed E-state index contributed by atoms with van der Waals surface area (Å²) in [6, 6.07) is 1.13. The average Bonchev–Trinajstić information content (AvgIpc) is 3.49. The lowest BCUT2D eigenvalue weighted by atomic mass is 9.99. The molecule has 33 heavy (non-hydrogen) atoms. The highest BCUT2D eigenvalue weighted by Gasteiger charge is 2.36. The quantitative estimate of drug-likeness (QED) is 0.573. The summed E-state index contributed by atoms with van der Waals surface area (Å²) in [4.78, 5) is 15.1. The molecule has 1 unspecified atom stereocenters. The van der Waals surface area contributed by atoms with Gasteiger partial charge >= 0.3 is 16.2 Å².